The average Bonchev–Trinajstić information content (AvgIpc) is 2.48. The van der Waals surface area contributed by atoms with Crippen LogP contribution in [0.25, 0.3) is 10.9 Å². The van der Waals surface area contributed by atoms with Gasteiger partial charge in [0.25, 0.3) is 5.56 Å². The maximum Gasteiger partial charge on any atom is 0.251 e. The van der Waals surface area contributed by atoms with E-state index >= 15 is 0 Å². The number of fused-ring (bicyclic) bond motifs is 1. The molecule has 0 radical (unpaired) electrons. The van der Waals surface area contributed by atoms with Crippen molar-refractivity contribution in [2.75, 3.05) is 0 Å². The summed E-state index contributed by atoms with van der Waals surface area (Å²) in [6, 6.07) is 11.4. The molecule has 106 valence electrons. The fourth-order valence-electron chi connectivity index (χ4n) is 2.30. The molecule has 0 spiro atoms. The van der Waals surface area contributed by atoms with E-state index in [1.807, 2.05) is 36.4 Å². The van der Waals surface area contributed by atoms with Crippen LogP contribution in [-0.4, -0.2) is 9.97 Å². The Morgan fingerprint density at radius 2 is 2.05 bits per heavy atom. The number of benzene rings is 1. The van der Waals surface area contributed by atoms with Crippen molar-refractivity contribution in [1.82, 2.24) is 9.97 Å². The second kappa shape index (κ2) is 5.68. The molecule has 0 aliphatic carbocycles. The number of pyridine rings is 2. The minimum Gasteiger partial charge on any atom is -0.325 e. The molecule has 0 bridgehead atoms. The summed E-state index contributed by atoms with van der Waals surface area (Å²) in [4.78, 5) is 19.2. The molecular formula is C16H14ClN3O. The topological polar surface area (TPSA) is 71.8 Å². The van der Waals surface area contributed by atoms with Gasteiger partial charge < -0.3 is 10.7 Å². The Kier molecular flexibility index (Phi) is 3.73. The van der Waals surface area contributed by atoms with Gasteiger partial charge in [-0.2, -0.15) is 0 Å². The first-order valence-corrected chi connectivity index (χ1v) is 6.99. The predicted octanol–water partition coefficient (Wildman–Crippen LogP) is 2.63. The number of halogens is 1. The lowest BCUT2D eigenvalue weighted by atomic mass is 10.1. The zero-order valence-electron chi connectivity index (χ0n) is 11.3. The van der Waals surface area contributed by atoms with Crippen LogP contribution in [0.4, 0.5) is 0 Å². The van der Waals surface area contributed by atoms with Crippen LogP contribution in [0.5, 0.6) is 0 Å². The van der Waals surface area contributed by atoms with Gasteiger partial charge in [0.15, 0.2) is 0 Å². The molecule has 5 heteroatoms. The van der Waals surface area contributed by atoms with Gasteiger partial charge in [-0.25, -0.2) is 0 Å². The zero-order chi connectivity index (χ0) is 14.8. The highest BCUT2D eigenvalue weighted by Crippen LogP contribution is 2.17. The molecule has 2 aromatic heterocycles. The van der Waals surface area contributed by atoms with E-state index in [4.69, 9.17) is 17.3 Å². The summed E-state index contributed by atoms with van der Waals surface area (Å²) >= 11 is 6.10. The summed E-state index contributed by atoms with van der Waals surface area (Å²) in [6.45, 7) is 0.301. The summed E-state index contributed by atoms with van der Waals surface area (Å²) in [5.41, 5.74) is 8.52. The molecule has 21 heavy (non-hydrogen) atoms. The zero-order valence-corrected chi connectivity index (χ0v) is 12.0. The summed E-state index contributed by atoms with van der Waals surface area (Å²) < 4.78 is 0. The fourth-order valence-corrected chi connectivity index (χ4v) is 2.56. The van der Waals surface area contributed by atoms with Gasteiger partial charge >= 0.3 is 0 Å². The van der Waals surface area contributed by atoms with Gasteiger partial charge in [0, 0.05) is 30.2 Å². The van der Waals surface area contributed by atoms with Crippen molar-refractivity contribution in [2.24, 2.45) is 5.73 Å². The summed E-state index contributed by atoms with van der Waals surface area (Å²) in [7, 11) is 0. The van der Waals surface area contributed by atoms with Crippen molar-refractivity contribution in [2.45, 2.75) is 13.0 Å². The number of hydrogen-bond donors (Lipinski definition) is 2. The highest BCUT2D eigenvalue weighted by atomic mass is 35.5. The van der Waals surface area contributed by atoms with Crippen molar-refractivity contribution in [3.8, 4) is 0 Å². The summed E-state index contributed by atoms with van der Waals surface area (Å²) in [6.07, 6.45) is 2.19. The molecule has 0 unspecified atom stereocenters. The Bertz CT molecular complexity index is 858. The molecule has 1 aromatic carbocycles. The van der Waals surface area contributed by atoms with E-state index in [-0.39, 0.29) is 5.56 Å². The quantitative estimate of drug-likeness (QED) is 0.781. The molecule has 3 aromatic rings. The Morgan fingerprint density at radius 3 is 2.81 bits per heavy atom. The molecule has 2 heterocycles. The summed E-state index contributed by atoms with van der Waals surface area (Å²) in [5.74, 6) is 0. The van der Waals surface area contributed by atoms with E-state index in [1.165, 1.54) is 0 Å². The number of H-pyrrole nitrogens is 1. The van der Waals surface area contributed by atoms with Crippen LogP contribution >= 0.6 is 11.6 Å². The molecule has 0 saturated carbocycles. The Morgan fingerprint density at radius 1 is 1.24 bits per heavy atom. The fraction of sp³-hybridized carbons (Fsp3) is 0.125. The third-order valence-corrected chi connectivity index (χ3v) is 3.72. The van der Waals surface area contributed by atoms with E-state index in [0.717, 1.165) is 16.5 Å². The van der Waals surface area contributed by atoms with Crippen molar-refractivity contribution in [3.63, 3.8) is 0 Å². The Labute approximate surface area is 126 Å². The van der Waals surface area contributed by atoms with Gasteiger partial charge in [-0.3, -0.25) is 9.78 Å². The second-order valence-corrected chi connectivity index (χ2v) is 5.27. The SMILES string of the molecule is NCc1ncc(Cc2cc3ccccc3[nH]c2=O)cc1Cl. The van der Waals surface area contributed by atoms with E-state index in [9.17, 15) is 4.79 Å². The van der Waals surface area contributed by atoms with Crippen molar-refractivity contribution >= 4 is 22.5 Å². The molecule has 4 nitrogen and oxygen atoms in total. The lowest BCUT2D eigenvalue weighted by molar-refractivity contribution is 0.974. The first-order valence-electron chi connectivity index (χ1n) is 6.61. The lowest BCUT2D eigenvalue weighted by Gasteiger charge is -2.06. The molecule has 3 N–H and O–H groups in total. The van der Waals surface area contributed by atoms with Crippen LogP contribution in [0.15, 0.2) is 47.4 Å². The maximum atomic E-state index is 12.1. The van der Waals surface area contributed by atoms with Gasteiger partial charge in [0.2, 0.25) is 0 Å². The molecule has 0 fully saturated rings. The molecule has 0 saturated heterocycles. The third kappa shape index (κ3) is 2.82. The standard InChI is InChI=1S/C16H14ClN3O/c17-13-6-10(9-19-15(13)8-18)5-12-7-11-3-1-2-4-14(11)20-16(12)21/h1-4,6-7,9H,5,8,18H2,(H,20,21). The van der Waals surface area contributed by atoms with Gasteiger partial charge in [-0.1, -0.05) is 29.8 Å². The minimum atomic E-state index is -0.0901. The average molecular weight is 300 g/mol. The van der Waals surface area contributed by atoms with E-state index in [1.54, 1.807) is 6.20 Å². The molecule has 0 aliphatic rings. The predicted molar refractivity (Wildman–Crippen MR) is 84.5 cm³/mol. The Hall–Kier alpha value is -2.17. The van der Waals surface area contributed by atoms with Crippen LogP contribution in [0.1, 0.15) is 16.8 Å². The number of nitrogens with zero attached hydrogens (tertiary/aromatic N) is 1. The summed E-state index contributed by atoms with van der Waals surface area (Å²) in [5, 5.41) is 1.54. The van der Waals surface area contributed by atoms with Gasteiger partial charge in [0.05, 0.1) is 10.7 Å². The number of aromatic nitrogens is 2. The van der Waals surface area contributed by atoms with E-state index in [0.29, 0.717) is 29.2 Å². The van der Waals surface area contributed by atoms with Gasteiger partial charge in [-0.05, 0) is 29.1 Å². The van der Waals surface area contributed by atoms with Gasteiger partial charge in [0.1, 0.15) is 0 Å². The monoisotopic (exact) mass is 299 g/mol. The molecule has 0 atom stereocenters. The van der Waals surface area contributed by atoms with Crippen LogP contribution in [0, 0.1) is 0 Å². The third-order valence-electron chi connectivity index (χ3n) is 3.39. The number of nitrogens with two attached hydrogens (primary N) is 1. The van der Waals surface area contributed by atoms with Crippen molar-refractivity contribution < 1.29 is 0 Å². The molecule has 0 amide bonds. The first kappa shape index (κ1) is 13.8. The Balaban J connectivity index is 1.99. The molecule has 0 aliphatic heterocycles. The number of para-hydroxylation sites is 1. The van der Waals surface area contributed by atoms with E-state index < -0.39 is 0 Å². The van der Waals surface area contributed by atoms with Gasteiger partial charge in [-0.15, -0.1) is 0 Å². The first-order chi connectivity index (χ1) is 10.2. The lowest BCUT2D eigenvalue weighted by Crippen LogP contribution is -2.13. The minimum absolute atomic E-state index is 0.0901. The van der Waals surface area contributed by atoms with Crippen LogP contribution in [-0.2, 0) is 13.0 Å². The van der Waals surface area contributed by atoms with Crippen LogP contribution in [0.3, 0.4) is 0 Å². The molecular weight excluding hydrogens is 286 g/mol. The van der Waals surface area contributed by atoms with Crippen LogP contribution < -0.4 is 11.3 Å². The smallest absolute Gasteiger partial charge is 0.251 e. The number of rotatable bonds is 3. The number of nitrogens with one attached hydrogen (secondary N) is 1. The second-order valence-electron chi connectivity index (χ2n) is 4.86. The van der Waals surface area contributed by atoms with Crippen LogP contribution in [0.2, 0.25) is 5.02 Å². The number of hydrogen-bond acceptors (Lipinski definition) is 3. The highest BCUT2D eigenvalue weighted by Gasteiger charge is 2.07. The van der Waals surface area contributed by atoms with Crippen molar-refractivity contribution in [3.05, 3.63) is 74.8 Å². The highest BCUT2D eigenvalue weighted by molar-refractivity contribution is 6.31. The largest absolute Gasteiger partial charge is 0.325 e. The van der Waals surface area contributed by atoms with Crippen molar-refractivity contribution in [1.29, 1.82) is 0 Å². The normalized spacial score (nSPS) is 11.0. The number of aromatic amines is 1. The molecule has 3 rings (SSSR count). The maximum absolute atomic E-state index is 12.1. The van der Waals surface area contributed by atoms with E-state index in [2.05, 4.69) is 9.97 Å².